The van der Waals surface area contributed by atoms with Gasteiger partial charge in [0.15, 0.2) is 0 Å². The molecule has 14 heavy (non-hydrogen) atoms. The van der Waals surface area contributed by atoms with Crippen LogP contribution in [-0.2, 0) is 15.6 Å². The van der Waals surface area contributed by atoms with E-state index in [1.807, 2.05) is 0 Å². The standard InChI is InChI=1S/C6H11NO3S.Al.In.N/c1-2-3-11(10)4-5(7)6(8)9;;;/h2,5H,1,3-4,7H2,(H,8,9);;;/t5-,11?;;;/m0.../s1. The summed E-state index contributed by atoms with van der Waals surface area (Å²) in [6.07, 6.45) is 1.48. The minimum absolute atomic E-state index is 0. The fourth-order valence-corrected chi connectivity index (χ4v) is 1.41. The molecule has 0 saturated heterocycles. The van der Waals surface area contributed by atoms with Gasteiger partial charge in [-0.05, 0) is 0 Å². The van der Waals surface area contributed by atoms with Gasteiger partial charge in [0.25, 0.3) is 0 Å². The summed E-state index contributed by atoms with van der Waals surface area (Å²) >= 11 is 0. The van der Waals surface area contributed by atoms with Gasteiger partial charge in [0.1, 0.15) is 6.04 Å². The van der Waals surface area contributed by atoms with Crippen molar-refractivity contribution in [1.29, 1.82) is 0 Å². The molecule has 3 N–H and O–H groups in total. The number of carboxylic acid groups (broad SMARTS) is 1. The molecule has 5 nitrogen and oxygen atoms in total. The molecule has 2 atom stereocenters. The van der Waals surface area contributed by atoms with Gasteiger partial charge in [-0.25, -0.2) is 0 Å². The van der Waals surface area contributed by atoms with Gasteiger partial charge in [-0.15, -0.1) is 6.58 Å². The number of rotatable bonds is 5. The van der Waals surface area contributed by atoms with Crippen molar-refractivity contribution in [3.8, 4) is 0 Å². The summed E-state index contributed by atoms with van der Waals surface area (Å²) in [7, 11) is -1.19. The molecule has 0 aromatic rings. The molecular formula is C6H11AlInN2O3S. The molecule has 75 valence electrons. The van der Waals surface area contributed by atoms with E-state index in [0.29, 0.717) is 5.75 Å². The molecule has 0 saturated carbocycles. The summed E-state index contributed by atoms with van der Waals surface area (Å²) in [4.78, 5) is 10.2. The minimum Gasteiger partial charge on any atom is -0.480 e. The molecule has 0 rings (SSSR count). The Labute approximate surface area is 115 Å². The molecule has 0 aromatic heterocycles. The van der Waals surface area contributed by atoms with Crippen molar-refractivity contribution in [3.05, 3.63) is 12.7 Å². The Morgan fingerprint density at radius 1 is 1.64 bits per heavy atom. The van der Waals surface area contributed by atoms with E-state index in [4.69, 9.17) is 10.8 Å². The first-order chi connectivity index (χ1) is 5.07. The van der Waals surface area contributed by atoms with Crippen LogP contribution in [0, 0.1) is 0 Å². The Morgan fingerprint density at radius 2 is 2.07 bits per heavy atom. The van der Waals surface area contributed by atoms with Crippen molar-refractivity contribution in [2.24, 2.45) is 5.73 Å². The molecule has 0 heterocycles. The molecule has 0 fully saturated rings. The summed E-state index contributed by atoms with van der Waals surface area (Å²) in [5, 5.41) is 8.31. The number of carbonyl (C=O) groups is 1. The zero-order valence-electron chi connectivity index (χ0n) is 7.63. The smallest absolute Gasteiger partial charge is 0.321 e. The van der Waals surface area contributed by atoms with Crippen LogP contribution in [0.25, 0.3) is 0 Å². The van der Waals surface area contributed by atoms with E-state index in [0.717, 1.165) is 0 Å². The van der Waals surface area contributed by atoms with E-state index >= 15 is 0 Å². The normalized spacial score (nSPS) is 12.1. The van der Waals surface area contributed by atoms with E-state index in [1.54, 1.807) is 0 Å². The predicted molar refractivity (Wildman–Crippen MR) is 57.3 cm³/mol. The number of hydrogen-bond donors (Lipinski definition) is 2. The van der Waals surface area contributed by atoms with Crippen LogP contribution in [-0.4, -0.2) is 76.0 Å². The average Bonchev–Trinajstić information content (AvgIpc) is 1.87. The molecule has 1 unspecified atom stereocenters. The van der Waals surface area contributed by atoms with Crippen LogP contribution in [0.2, 0.25) is 0 Å². The number of nitrogens with zero attached hydrogens (tertiary/aromatic N) is 1. The molecule has 8 heteroatoms. The summed E-state index contributed by atoms with van der Waals surface area (Å²) < 4.78 is 10.9. The first-order valence-electron chi connectivity index (χ1n) is 3.02. The van der Waals surface area contributed by atoms with Crippen molar-refractivity contribution < 1.29 is 14.1 Å². The zero-order valence-corrected chi connectivity index (χ0v) is 12.9. The maximum atomic E-state index is 10.9. The third kappa shape index (κ3) is 12.7. The van der Waals surface area contributed by atoms with E-state index in [9.17, 15) is 9.00 Å². The van der Waals surface area contributed by atoms with Crippen LogP contribution in [0.1, 0.15) is 0 Å². The van der Waals surface area contributed by atoms with Gasteiger partial charge in [-0.3, -0.25) is 9.00 Å². The van der Waals surface area contributed by atoms with Crippen LogP contribution in [0.5, 0.6) is 0 Å². The topological polar surface area (TPSA) is 111 Å². The van der Waals surface area contributed by atoms with E-state index in [1.165, 1.54) is 6.08 Å². The third-order valence-electron chi connectivity index (χ3n) is 0.986. The summed E-state index contributed by atoms with van der Waals surface area (Å²) in [6.45, 7) is 3.37. The molecule has 9 radical (unpaired) electrons. The first-order valence-corrected chi connectivity index (χ1v) is 4.51. The molecule has 0 aromatic carbocycles. The van der Waals surface area contributed by atoms with Crippen LogP contribution >= 0.6 is 0 Å². The summed E-state index contributed by atoms with van der Waals surface area (Å²) in [6, 6.07) is -1.03. The van der Waals surface area contributed by atoms with E-state index in [2.05, 4.69) is 6.58 Å². The summed E-state index contributed by atoms with van der Waals surface area (Å²) in [5.41, 5.74) is 5.12. The van der Waals surface area contributed by atoms with Crippen molar-refractivity contribution in [3.63, 3.8) is 0 Å². The van der Waals surface area contributed by atoms with Gasteiger partial charge >= 0.3 is 5.97 Å². The number of aliphatic carboxylic acids is 1. The second-order valence-electron chi connectivity index (χ2n) is 2.01. The van der Waals surface area contributed by atoms with Crippen LogP contribution in [0.15, 0.2) is 12.7 Å². The van der Waals surface area contributed by atoms with Gasteiger partial charge in [0.2, 0.25) is 0 Å². The molecule has 0 aliphatic carbocycles. The molecule has 0 bridgehead atoms. The Morgan fingerprint density at radius 3 is 2.36 bits per heavy atom. The maximum absolute atomic E-state index is 10.9. The quantitative estimate of drug-likeness (QED) is 0.452. The molecular weight excluding hydrogens is 322 g/mol. The van der Waals surface area contributed by atoms with Crippen molar-refractivity contribution in [2.75, 3.05) is 11.5 Å². The molecule has 0 amide bonds. The maximum Gasteiger partial charge on any atom is 0.321 e. The van der Waals surface area contributed by atoms with Crippen molar-refractivity contribution in [1.82, 2.24) is 6.15 Å². The fourth-order valence-electron chi connectivity index (χ4n) is 0.471. The SMILES string of the molecule is C=CCS(=O)C[C@H](N)C(=O)O.[Al].[In].[N]. The van der Waals surface area contributed by atoms with Gasteiger partial charge in [0.05, 0.1) is 0 Å². The van der Waals surface area contributed by atoms with Gasteiger partial charge in [-0.2, -0.15) is 0 Å². The second-order valence-corrected chi connectivity index (χ2v) is 3.55. The molecule has 0 aliphatic rings. The Hall–Kier alpha value is 0.683. The number of carboxylic acids is 1. The largest absolute Gasteiger partial charge is 0.480 e. The van der Waals surface area contributed by atoms with Gasteiger partial charge in [-0.1, -0.05) is 6.08 Å². The van der Waals surface area contributed by atoms with E-state index < -0.39 is 22.8 Å². The monoisotopic (exact) mass is 333 g/mol. The third-order valence-corrected chi connectivity index (χ3v) is 2.32. The Kier molecular flexibility index (Phi) is 23.5. The van der Waals surface area contributed by atoms with Crippen molar-refractivity contribution >= 4 is 60.0 Å². The van der Waals surface area contributed by atoms with Crippen molar-refractivity contribution in [2.45, 2.75) is 6.04 Å². The fraction of sp³-hybridized carbons (Fsp3) is 0.500. The van der Waals surface area contributed by atoms with Crippen LogP contribution < -0.4 is 11.9 Å². The van der Waals surface area contributed by atoms with Crippen LogP contribution in [0.4, 0.5) is 0 Å². The average molecular weight is 333 g/mol. The predicted octanol–water partition coefficient (Wildman–Crippen LogP) is -1.91. The first kappa shape index (κ1) is 24.1. The number of hydrogen-bond acceptors (Lipinski definition) is 3. The number of nitrogens with two attached hydrogens (primary N) is 1. The van der Waals surface area contributed by atoms with E-state index in [-0.39, 0.29) is 55.1 Å². The molecule has 0 aliphatic heterocycles. The van der Waals surface area contributed by atoms with Gasteiger partial charge < -0.3 is 10.8 Å². The molecule has 0 spiro atoms. The van der Waals surface area contributed by atoms with Crippen LogP contribution in [0.3, 0.4) is 0 Å². The summed E-state index contributed by atoms with van der Waals surface area (Å²) in [5.74, 6) is -0.843. The second kappa shape index (κ2) is 13.7. The van der Waals surface area contributed by atoms with Gasteiger partial charge in [0, 0.05) is 71.7 Å². The Bertz CT molecular complexity index is 194. The Balaban J connectivity index is -0.000000167. The minimum atomic E-state index is -1.19. The zero-order chi connectivity index (χ0) is 8.85.